The highest BCUT2D eigenvalue weighted by atomic mass is 15.0. The predicted octanol–water partition coefficient (Wildman–Crippen LogP) is 5.87. The van der Waals surface area contributed by atoms with Gasteiger partial charge >= 0.3 is 0 Å². The summed E-state index contributed by atoms with van der Waals surface area (Å²) >= 11 is 0. The first-order valence-electron chi connectivity index (χ1n) is 10.2. The Kier molecular flexibility index (Phi) is 5.53. The van der Waals surface area contributed by atoms with E-state index in [9.17, 15) is 0 Å². The van der Waals surface area contributed by atoms with Gasteiger partial charge in [0.15, 0.2) is 12.7 Å². The van der Waals surface area contributed by atoms with Crippen molar-refractivity contribution < 1.29 is 4.57 Å². The van der Waals surface area contributed by atoms with Gasteiger partial charge in [0, 0.05) is 35.9 Å². The highest BCUT2D eigenvalue weighted by Crippen LogP contribution is 2.24. The van der Waals surface area contributed by atoms with Crippen molar-refractivity contribution in [3.63, 3.8) is 0 Å². The average molecular weight is 380 g/mol. The molecule has 4 rings (SSSR count). The summed E-state index contributed by atoms with van der Waals surface area (Å²) in [5.74, 6) is 0. The maximum absolute atomic E-state index is 4.55. The van der Waals surface area contributed by atoms with Crippen LogP contribution in [-0.2, 0) is 13.0 Å². The summed E-state index contributed by atoms with van der Waals surface area (Å²) in [4.78, 5) is 4.55. The molecule has 2 heterocycles. The zero-order chi connectivity index (χ0) is 20.2. The Labute approximate surface area is 173 Å². The number of aromatic nitrogens is 2. The molecule has 2 aromatic heterocycles. The number of pyridine rings is 2. The molecule has 0 saturated heterocycles. The van der Waals surface area contributed by atoms with Gasteiger partial charge < -0.3 is 0 Å². The molecule has 0 amide bonds. The highest BCUT2D eigenvalue weighted by Gasteiger charge is 2.16. The topological polar surface area (TPSA) is 16.8 Å². The molecule has 0 atom stereocenters. The van der Waals surface area contributed by atoms with Crippen LogP contribution in [0.4, 0.5) is 0 Å². The van der Waals surface area contributed by atoms with E-state index in [1.807, 2.05) is 18.3 Å². The van der Waals surface area contributed by atoms with Crippen molar-refractivity contribution in [2.75, 3.05) is 0 Å². The van der Waals surface area contributed by atoms with Gasteiger partial charge in [-0.15, -0.1) is 0 Å². The SMILES string of the molecule is Cc1ccc(-c2cc(C)cc[n+]2CCc2ccccc2-c2ccccn2)c(C)c1. The van der Waals surface area contributed by atoms with Crippen LogP contribution in [0.15, 0.2) is 85.2 Å². The standard InChI is InChI=1S/C27H27N2/c1-20-11-12-24(22(3)18-20)27-19-21(2)13-16-29(27)17-14-23-8-4-5-9-25(23)26-10-6-7-15-28-26/h4-13,15-16,18-19H,14,17H2,1-3H3/q+1. The van der Waals surface area contributed by atoms with Crippen LogP contribution in [0.2, 0.25) is 0 Å². The van der Waals surface area contributed by atoms with Gasteiger partial charge in [0.05, 0.1) is 5.69 Å². The second-order valence-electron chi connectivity index (χ2n) is 7.72. The van der Waals surface area contributed by atoms with Crippen LogP contribution >= 0.6 is 0 Å². The van der Waals surface area contributed by atoms with Gasteiger partial charge in [-0.25, -0.2) is 0 Å². The van der Waals surface area contributed by atoms with E-state index in [2.05, 4.69) is 97.2 Å². The monoisotopic (exact) mass is 379 g/mol. The van der Waals surface area contributed by atoms with Crippen molar-refractivity contribution in [1.29, 1.82) is 0 Å². The Hall–Kier alpha value is -3.26. The summed E-state index contributed by atoms with van der Waals surface area (Å²) in [6.45, 7) is 7.43. The Balaban J connectivity index is 1.67. The van der Waals surface area contributed by atoms with Gasteiger partial charge in [-0.05, 0) is 55.7 Å². The van der Waals surface area contributed by atoms with Gasteiger partial charge in [0.2, 0.25) is 5.69 Å². The normalized spacial score (nSPS) is 10.9. The van der Waals surface area contributed by atoms with Crippen molar-refractivity contribution >= 4 is 0 Å². The molecule has 0 radical (unpaired) electrons. The van der Waals surface area contributed by atoms with Crippen molar-refractivity contribution in [2.45, 2.75) is 33.7 Å². The van der Waals surface area contributed by atoms with Gasteiger partial charge in [0.25, 0.3) is 0 Å². The molecular formula is C27H27N2+. The molecule has 0 aliphatic heterocycles. The van der Waals surface area contributed by atoms with Crippen molar-refractivity contribution in [1.82, 2.24) is 4.98 Å². The van der Waals surface area contributed by atoms with Crippen molar-refractivity contribution in [2.24, 2.45) is 0 Å². The minimum absolute atomic E-state index is 0.923. The molecule has 29 heavy (non-hydrogen) atoms. The largest absolute Gasteiger partial charge is 0.256 e. The second kappa shape index (κ2) is 8.40. The third-order valence-corrected chi connectivity index (χ3v) is 5.43. The molecule has 0 saturated carbocycles. The maximum Gasteiger partial charge on any atom is 0.213 e. The molecule has 4 aromatic rings. The van der Waals surface area contributed by atoms with Crippen LogP contribution in [0.3, 0.4) is 0 Å². The number of benzene rings is 2. The van der Waals surface area contributed by atoms with Gasteiger partial charge in [0.1, 0.15) is 0 Å². The molecule has 0 N–H and O–H groups in total. The van der Waals surface area contributed by atoms with E-state index < -0.39 is 0 Å². The van der Waals surface area contributed by atoms with Gasteiger partial charge in [-0.1, -0.05) is 48.0 Å². The van der Waals surface area contributed by atoms with Crippen LogP contribution in [0, 0.1) is 20.8 Å². The molecular weight excluding hydrogens is 352 g/mol. The molecule has 0 fully saturated rings. The van der Waals surface area contributed by atoms with E-state index in [4.69, 9.17) is 0 Å². The summed E-state index contributed by atoms with van der Waals surface area (Å²) in [7, 11) is 0. The Morgan fingerprint density at radius 1 is 0.759 bits per heavy atom. The summed E-state index contributed by atoms with van der Waals surface area (Å²) in [6, 6.07) is 25.9. The van der Waals surface area contributed by atoms with Crippen molar-refractivity contribution in [3.05, 3.63) is 107 Å². The number of hydrogen-bond acceptors (Lipinski definition) is 1. The molecule has 0 spiro atoms. The van der Waals surface area contributed by atoms with Crippen LogP contribution in [0.1, 0.15) is 22.3 Å². The van der Waals surface area contributed by atoms with Crippen LogP contribution in [-0.4, -0.2) is 4.98 Å². The van der Waals surface area contributed by atoms with E-state index in [-0.39, 0.29) is 0 Å². The fourth-order valence-electron chi connectivity index (χ4n) is 3.91. The second-order valence-corrected chi connectivity index (χ2v) is 7.72. The minimum Gasteiger partial charge on any atom is -0.256 e. The lowest BCUT2D eigenvalue weighted by atomic mass is 9.99. The Morgan fingerprint density at radius 2 is 1.55 bits per heavy atom. The number of nitrogens with zero attached hydrogens (tertiary/aromatic N) is 2. The third-order valence-electron chi connectivity index (χ3n) is 5.43. The lowest BCUT2D eigenvalue weighted by molar-refractivity contribution is -0.685. The number of hydrogen-bond donors (Lipinski definition) is 0. The average Bonchev–Trinajstić information content (AvgIpc) is 2.74. The van der Waals surface area contributed by atoms with Crippen LogP contribution in [0.5, 0.6) is 0 Å². The van der Waals surface area contributed by atoms with Crippen LogP contribution < -0.4 is 4.57 Å². The maximum atomic E-state index is 4.55. The predicted molar refractivity (Wildman–Crippen MR) is 120 cm³/mol. The highest BCUT2D eigenvalue weighted by molar-refractivity contribution is 5.64. The first-order chi connectivity index (χ1) is 14.1. The van der Waals surface area contributed by atoms with Crippen molar-refractivity contribution in [3.8, 4) is 22.5 Å². The van der Waals surface area contributed by atoms with Crippen LogP contribution in [0.25, 0.3) is 22.5 Å². The summed E-state index contributed by atoms with van der Waals surface area (Å²) in [5.41, 5.74) is 10.1. The van der Waals surface area contributed by atoms with E-state index in [0.29, 0.717) is 0 Å². The quantitative estimate of drug-likeness (QED) is 0.396. The summed E-state index contributed by atoms with van der Waals surface area (Å²) in [5, 5.41) is 0. The summed E-state index contributed by atoms with van der Waals surface area (Å²) in [6.07, 6.45) is 5.03. The van der Waals surface area contributed by atoms with E-state index in [1.165, 1.54) is 39.1 Å². The Morgan fingerprint density at radius 3 is 2.34 bits per heavy atom. The first kappa shape index (κ1) is 19.1. The first-order valence-corrected chi connectivity index (χ1v) is 10.2. The molecule has 0 aliphatic rings. The van der Waals surface area contributed by atoms with Gasteiger partial charge in [-0.2, -0.15) is 4.57 Å². The smallest absolute Gasteiger partial charge is 0.213 e. The molecule has 2 nitrogen and oxygen atoms in total. The molecule has 0 aliphatic carbocycles. The summed E-state index contributed by atoms with van der Waals surface area (Å²) < 4.78 is 2.37. The lowest BCUT2D eigenvalue weighted by Gasteiger charge is -2.11. The molecule has 144 valence electrons. The number of rotatable bonds is 5. The molecule has 0 bridgehead atoms. The fraction of sp³-hybridized carbons (Fsp3) is 0.185. The zero-order valence-corrected chi connectivity index (χ0v) is 17.4. The van der Waals surface area contributed by atoms with Gasteiger partial charge in [-0.3, -0.25) is 4.98 Å². The lowest BCUT2D eigenvalue weighted by Crippen LogP contribution is -2.37. The number of aryl methyl sites for hydroxylation is 5. The molecule has 2 aromatic carbocycles. The molecule has 2 heteroatoms. The minimum atomic E-state index is 0.923. The van der Waals surface area contributed by atoms with E-state index in [1.54, 1.807) is 0 Å². The van der Waals surface area contributed by atoms with E-state index in [0.717, 1.165) is 18.7 Å². The Bertz CT molecular complexity index is 1130. The zero-order valence-electron chi connectivity index (χ0n) is 17.4. The van der Waals surface area contributed by atoms with E-state index >= 15 is 0 Å². The third kappa shape index (κ3) is 4.27. The molecule has 0 unspecified atom stereocenters. The fourth-order valence-corrected chi connectivity index (χ4v) is 3.91.